The molecule has 0 heterocycles. The molecule has 4 nitrogen and oxygen atoms in total. The minimum absolute atomic E-state index is 0.120. The van der Waals surface area contributed by atoms with Crippen molar-refractivity contribution in [3.05, 3.63) is 28.2 Å². The number of carbonyl (C=O) groups is 1. The Balaban J connectivity index is 2.29. The van der Waals surface area contributed by atoms with Crippen LogP contribution >= 0.6 is 23.2 Å². The molecule has 0 aliphatic carbocycles. The highest BCUT2D eigenvalue weighted by atomic mass is 35.5. The maximum atomic E-state index is 11.6. The Kier molecular flexibility index (Phi) is 7.05. The Morgan fingerprint density at radius 2 is 2.11 bits per heavy atom. The van der Waals surface area contributed by atoms with Gasteiger partial charge in [0.25, 0.3) is 0 Å². The molecule has 0 bridgehead atoms. The number of ether oxygens (including phenoxy) is 1. The van der Waals surface area contributed by atoms with E-state index in [0.717, 1.165) is 13.0 Å². The van der Waals surface area contributed by atoms with Crippen LogP contribution in [0.1, 0.15) is 6.42 Å². The monoisotopic (exact) mass is 290 g/mol. The molecule has 0 spiro atoms. The van der Waals surface area contributed by atoms with E-state index in [1.807, 2.05) is 0 Å². The average molecular weight is 291 g/mol. The first-order chi connectivity index (χ1) is 8.63. The lowest BCUT2D eigenvalue weighted by Crippen LogP contribution is -2.29. The Labute approximate surface area is 117 Å². The van der Waals surface area contributed by atoms with Crippen LogP contribution in [0.25, 0.3) is 0 Å². The summed E-state index contributed by atoms with van der Waals surface area (Å²) < 4.78 is 4.90. The van der Waals surface area contributed by atoms with Gasteiger partial charge in [0.2, 0.25) is 5.91 Å². The molecule has 0 aromatic heterocycles. The molecule has 0 atom stereocenters. The maximum absolute atomic E-state index is 11.6. The Morgan fingerprint density at radius 3 is 2.78 bits per heavy atom. The molecule has 100 valence electrons. The van der Waals surface area contributed by atoms with E-state index in [2.05, 4.69) is 10.6 Å². The SMILES string of the molecule is COCCCNCC(=O)Nc1ccc(Cl)c(Cl)c1. The Hall–Kier alpha value is -0.810. The third kappa shape index (κ3) is 5.69. The molecule has 0 saturated carbocycles. The molecule has 0 saturated heterocycles. The number of benzene rings is 1. The van der Waals surface area contributed by atoms with Gasteiger partial charge in [-0.1, -0.05) is 23.2 Å². The van der Waals surface area contributed by atoms with Crippen molar-refractivity contribution in [3.63, 3.8) is 0 Å². The quantitative estimate of drug-likeness (QED) is 0.759. The van der Waals surface area contributed by atoms with Crippen LogP contribution in [0.15, 0.2) is 18.2 Å². The predicted molar refractivity (Wildman–Crippen MR) is 74.5 cm³/mol. The lowest BCUT2D eigenvalue weighted by Gasteiger charge is -2.07. The molecule has 18 heavy (non-hydrogen) atoms. The molecule has 6 heteroatoms. The first kappa shape index (κ1) is 15.2. The van der Waals surface area contributed by atoms with Crippen LogP contribution in [-0.2, 0) is 9.53 Å². The van der Waals surface area contributed by atoms with Gasteiger partial charge in [0, 0.05) is 19.4 Å². The number of rotatable bonds is 7. The van der Waals surface area contributed by atoms with Gasteiger partial charge >= 0.3 is 0 Å². The highest BCUT2D eigenvalue weighted by Gasteiger charge is 2.03. The van der Waals surface area contributed by atoms with E-state index in [0.29, 0.717) is 22.3 Å². The zero-order chi connectivity index (χ0) is 13.4. The van der Waals surface area contributed by atoms with Crippen LogP contribution in [0.2, 0.25) is 10.0 Å². The largest absolute Gasteiger partial charge is 0.385 e. The van der Waals surface area contributed by atoms with Gasteiger partial charge in [-0.2, -0.15) is 0 Å². The summed E-state index contributed by atoms with van der Waals surface area (Å²) in [6.07, 6.45) is 0.872. The molecule has 0 unspecified atom stereocenters. The lowest BCUT2D eigenvalue weighted by atomic mass is 10.3. The van der Waals surface area contributed by atoms with E-state index >= 15 is 0 Å². The number of halogens is 2. The van der Waals surface area contributed by atoms with E-state index in [1.54, 1.807) is 25.3 Å². The summed E-state index contributed by atoms with van der Waals surface area (Å²) >= 11 is 11.6. The van der Waals surface area contributed by atoms with Gasteiger partial charge in [-0.25, -0.2) is 0 Å². The zero-order valence-corrected chi connectivity index (χ0v) is 11.6. The van der Waals surface area contributed by atoms with Crippen LogP contribution in [0.3, 0.4) is 0 Å². The maximum Gasteiger partial charge on any atom is 0.238 e. The molecule has 1 aromatic carbocycles. The number of hydrogen-bond donors (Lipinski definition) is 2. The van der Waals surface area contributed by atoms with Crippen molar-refractivity contribution in [2.24, 2.45) is 0 Å². The zero-order valence-electron chi connectivity index (χ0n) is 10.1. The van der Waals surface area contributed by atoms with Crippen LogP contribution in [-0.4, -0.2) is 32.7 Å². The second-order valence-corrected chi connectivity index (χ2v) is 4.51. The number of amides is 1. The van der Waals surface area contributed by atoms with Gasteiger partial charge in [0.1, 0.15) is 0 Å². The van der Waals surface area contributed by atoms with E-state index in [1.165, 1.54) is 0 Å². The van der Waals surface area contributed by atoms with Crippen LogP contribution in [0.4, 0.5) is 5.69 Å². The minimum atomic E-state index is -0.120. The van der Waals surface area contributed by atoms with Crippen molar-refractivity contribution in [3.8, 4) is 0 Å². The van der Waals surface area contributed by atoms with Crippen molar-refractivity contribution < 1.29 is 9.53 Å². The summed E-state index contributed by atoms with van der Waals surface area (Å²) in [5, 5.41) is 6.62. The Morgan fingerprint density at radius 1 is 1.33 bits per heavy atom. The fourth-order valence-electron chi connectivity index (χ4n) is 1.32. The standard InChI is InChI=1S/C12H16Cl2N2O2/c1-18-6-2-5-15-8-12(17)16-9-3-4-10(13)11(14)7-9/h3-4,7,15H,2,5-6,8H2,1H3,(H,16,17). The van der Waals surface area contributed by atoms with Crippen LogP contribution in [0.5, 0.6) is 0 Å². The number of anilines is 1. The molecular formula is C12H16Cl2N2O2. The van der Waals surface area contributed by atoms with E-state index < -0.39 is 0 Å². The molecule has 1 rings (SSSR count). The molecule has 0 radical (unpaired) electrons. The van der Waals surface area contributed by atoms with Gasteiger partial charge in [0.05, 0.1) is 16.6 Å². The van der Waals surface area contributed by atoms with Gasteiger partial charge in [0.15, 0.2) is 0 Å². The first-order valence-corrected chi connectivity index (χ1v) is 6.33. The third-order valence-electron chi connectivity index (χ3n) is 2.19. The van der Waals surface area contributed by atoms with Crippen molar-refractivity contribution in [2.45, 2.75) is 6.42 Å². The molecule has 1 amide bonds. The summed E-state index contributed by atoms with van der Waals surface area (Å²) in [6.45, 7) is 1.67. The molecule has 0 aliphatic heterocycles. The van der Waals surface area contributed by atoms with Gasteiger partial charge in [-0.05, 0) is 31.2 Å². The van der Waals surface area contributed by atoms with Crippen molar-refractivity contribution in [2.75, 3.05) is 32.1 Å². The fraction of sp³-hybridized carbons (Fsp3) is 0.417. The smallest absolute Gasteiger partial charge is 0.238 e. The third-order valence-corrected chi connectivity index (χ3v) is 2.93. The van der Waals surface area contributed by atoms with E-state index in [4.69, 9.17) is 27.9 Å². The molecule has 1 aromatic rings. The van der Waals surface area contributed by atoms with E-state index in [9.17, 15) is 4.79 Å². The summed E-state index contributed by atoms with van der Waals surface area (Å²) in [5.41, 5.74) is 0.632. The number of methoxy groups -OCH3 is 1. The van der Waals surface area contributed by atoms with Crippen LogP contribution in [0, 0.1) is 0 Å². The van der Waals surface area contributed by atoms with Gasteiger partial charge < -0.3 is 15.4 Å². The number of hydrogen-bond acceptors (Lipinski definition) is 3. The van der Waals surface area contributed by atoms with Crippen LogP contribution < -0.4 is 10.6 Å². The molecule has 0 aliphatic rings. The highest BCUT2D eigenvalue weighted by Crippen LogP contribution is 2.24. The van der Waals surface area contributed by atoms with Crippen molar-refractivity contribution >= 4 is 34.8 Å². The van der Waals surface area contributed by atoms with E-state index in [-0.39, 0.29) is 12.5 Å². The van der Waals surface area contributed by atoms with Gasteiger partial charge in [-0.3, -0.25) is 4.79 Å². The highest BCUT2D eigenvalue weighted by molar-refractivity contribution is 6.42. The second kappa shape index (κ2) is 8.32. The summed E-state index contributed by atoms with van der Waals surface area (Å²) in [6, 6.07) is 4.97. The fourth-order valence-corrected chi connectivity index (χ4v) is 1.62. The Bertz CT molecular complexity index is 400. The summed E-state index contributed by atoms with van der Waals surface area (Å²) in [4.78, 5) is 11.6. The average Bonchev–Trinajstić information content (AvgIpc) is 2.34. The number of nitrogens with one attached hydrogen (secondary N) is 2. The molecular weight excluding hydrogens is 275 g/mol. The van der Waals surface area contributed by atoms with Crippen molar-refractivity contribution in [1.82, 2.24) is 5.32 Å². The lowest BCUT2D eigenvalue weighted by molar-refractivity contribution is -0.115. The molecule has 0 fully saturated rings. The second-order valence-electron chi connectivity index (χ2n) is 3.70. The summed E-state index contributed by atoms with van der Waals surface area (Å²) in [7, 11) is 1.65. The van der Waals surface area contributed by atoms with Gasteiger partial charge in [-0.15, -0.1) is 0 Å². The first-order valence-electron chi connectivity index (χ1n) is 5.58. The number of carbonyl (C=O) groups excluding carboxylic acids is 1. The predicted octanol–water partition coefficient (Wildman–Crippen LogP) is 2.56. The summed E-state index contributed by atoms with van der Waals surface area (Å²) in [5.74, 6) is -0.120. The normalized spacial score (nSPS) is 10.4. The minimum Gasteiger partial charge on any atom is -0.385 e. The topological polar surface area (TPSA) is 50.4 Å². The molecule has 2 N–H and O–H groups in total. The van der Waals surface area contributed by atoms with Crippen molar-refractivity contribution in [1.29, 1.82) is 0 Å².